The van der Waals surface area contributed by atoms with Gasteiger partial charge in [0.05, 0.1) is 18.8 Å². The predicted octanol–water partition coefficient (Wildman–Crippen LogP) is 11.3. The van der Waals surface area contributed by atoms with Crippen molar-refractivity contribution >= 4 is 5.91 Å². The maximum absolute atomic E-state index is 12.3. The Morgan fingerprint density at radius 3 is 1.28 bits per heavy atom. The van der Waals surface area contributed by atoms with Crippen LogP contribution in [-0.4, -0.2) is 34.9 Å². The molecule has 2 unspecified atom stereocenters. The zero-order valence-corrected chi connectivity index (χ0v) is 29.0. The van der Waals surface area contributed by atoms with E-state index in [-0.39, 0.29) is 12.5 Å². The molecule has 0 aromatic rings. The molecular formula is C39H75NO3. The Bertz CT molecular complexity index is 618. The largest absolute Gasteiger partial charge is 0.394 e. The Morgan fingerprint density at radius 1 is 0.535 bits per heavy atom. The predicted molar refractivity (Wildman–Crippen MR) is 189 cm³/mol. The van der Waals surface area contributed by atoms with E-state index in [0.717, 1.165) is 25.7 Å². The SMILES string of the molecule is CCCCCCCCCC/C=C\CCCCCCCCCC(=O)NC(CO)C(O)/C=C/CCCCCCCCCCCC. The van der Waals surface area contributed by atoms with Gasteiger partial charge in [-0.3, -0.25) is 4.79 Å². The van der Waals surface area contributed by atoms with Gasteiger partial charge in [0.15, 0.2) is 0 Å². The molecule has 0 fully saturated rings. The lowest BCUT2D eigenvalue weighted by molar-refractivity contribution is -0.123. The number of hydrogen-bond donors (Lipinski definition) is 3. The fourth-order valence-corrected chi connectivity index (χ4v) is 5.70. The van der Waals surface area contributed by atoms with E-state index in [0.29, 0.717) is 6.42 Å². The summed E-state index contributed by atoms with van der Waals surface area (Å²) < 4.78 is 0. The number of rotatable bonds is 34. The highest BCUT2D eigenvalue weighted by molar-refractivity contribution is 5.76. The van der Waals surface area contributed by atoms with Crippen LogP contribution in [-0.2, 0) is 4.79 Å². The number of hydrogen-bond acceptors (Lipinski definition) is 3. The van der Waals surface area contributed by atoms with Crippen molar-refractivity contribution in [1.82, 2.24) is 5.32 Å². The summed E-state index contributed by atoms with van der Waals surface area (Å²) in [4.78, 5) is 12.3. The molecule has 0 aliphatic carbocycles. The fourth-order valence-electron chi connectivity index (χ4n) is 5.70. The van der Waals surface area contributed by atoms with Crippen LogP contribution < -0.4 is 5.32 Å². The molecule has 1 amide bonds. The van der Waals surface area contributed by atoms with Crippen molar-refractivity contribution in [3.63, 3.8) is 0 Å². The van der Waals surface area contributed by atoms with E-state index in [1.807, 2.05) is 6.08 Å². The molecule has 0 aromatic heterocycles. The third-order valence-electron chi connectivity index (χ3n) is 8.68. The normalized spacial score (nSPS) is 13.3. The molecule has 254 valence electrons. The highest BCUT2D eigenvalue weighted by Crippen LogP contribution is 2.13. The summed E-state index contributed by atoms with van der Waals surface area (Å²) in [5.74, 6) is -0.0695. The van der Waals surface area contributed by atoms with Gasteiger partial charge in [0, 0.05) is 6.42 Å². The van der Waals surface area contributed by atoms with Gasteiger partial charge < -0.3 is 15.5 Å². The number of amides is 1. The molecular weight excluding hydrogens is 530 g/mol. The van der Waals surface area contributed by atoms with E-state index in [9.17, 15) is 15.0 Å². The second-order valence-corrected chi connectivity index (χ2v) is 13.0. The fraction of sp³-hybridized carbons (Fsp3) is 0.872. The minimum atomic E-state index is -0.836. The molecule has 0 aliphatic heterocycles. The summed E-state index contributed by atoms with van der Waals surface area (Å²) in [6.45, 7) is 4.29. The van der Waals surface area contributed by atoms with Crippen molar-refractivity contribution in [2.45, 2.75) is 212 Å². The average Bonchev–Trinajstić information content (AvgIpc) is 3.01. The molecule has 0 heterocycles. The second-order valence-electron chi connectivity index (χ2n) is 13.0. The smallest absolute Gasteiger partial charge is 0.220 e. The topological polar surface area (TPSA) is 69.6 Å². The van der Waals surface area contributed by atoms with Gasteiger partial charge in [-0.25, -0.2) is 0 Å². The first-order valence-electron chi connectivity index (χ1n) is 19.1. The summed E-state index contributed by atoms with van der Waals surface area (Å²) in [6.07, 6.45) is 44.1. The van der Waals surface area contributed by atoms with Gasteiger partial charge in [0.25, 0.3) is 0 Å². The Kier molecular flexibility index (Phi) is 34.4. The van der Waals surface area contributed by atoms with E-state index in [4.69, 9.17) is 0 Å². The number of aliphatic hydroxyl groups is 2. The van der Waals surface area contributed by atoms with Gasteiger partial charge in [-0.1, -0.05) is 173 Å². The Morgan fingerprint density at radius 2 is 0.884 bits per heavy atom. The number of unbranched alkanes of at least 4 members (excludes halogenated alkanes) is 25. The molecule has 0 saturated carbocycles. The van der Waals surface area contributed by atoms with Crippen LogP contribution in [0.5, 0.6) is 0 Å². The Balaban J connectivity index is 3.59. The number of carbonyl (C=O) groups is 1. The van der Waals surface area contributed by atoms with Crippen molar-refractivity contribution in [3.8, 4) is 0 Å². The van der Waals surface area contributed by atoms with E-state index in [1.165, 1.54) is 154 Å². The zero-order chi connectivity index (χ0) is 31.5. The lowest BCUT2D eigenvalue weighted by Gasteiger charge is -2.20. The maximum Gasteiger partial charge on any atom is 0.220 e. The summed E-state index contributed by atoms with van der Waals surface area (Å²) in [5.41, 5.74) is 0. The lowest BCUT2D eigenvalue weighted by Crippen LogP contribution is -2.45. The minimum Gasteiger partial charge on any atom is -0.394 e. The van der Waals surface area contributed by atoms with Gasteiger partial charge in [-0.05, 0) is 44.9 Å². The van der Waals surface area contributed by atoms with Crippen LogP contribution in [0, 0.1) is 0 Å². The molecule has 0 spiro atoms. The van der Waals surface area contributed by atoms with Crippen molar-refractivity contribution < 1.29 is 15.0 Å². The van der Waals surface area contributed by atoms with E-state index >= 15 is 0 Å². The number of aliphatic hydroxyl groups excluding tert-OH is 2. The van der Waals surface area contributed by atoms with Crippen LogP contribution in [0.4, 0.5) is 0 Å². The summed E-state index contributed by atoms with van der Waals surface area (Å²) in [5, 5.41) is 22.9. The van der Waals surface area contributed by atoms with Crippen molar-refractivity contribution in [2.75, 3.05) is 6.61 Å². The highest BCUT2D eigenvalue weighted by Gasteiger charge is 2.17. The van der Waals surface area contributed by atoms with E-state index in [1.54, 1.807) is 6.08 Å². The molecule has 43 heavy (non-hydrogen) atoms. The Hall–Kier alpha value is -1.13. The molecule has 0 aromatic carbocycles. The molecule has 2 atom stereocenters. The molecule has 0 saturated heterocycles. The first-order valence-corrected chi connectivity index (χ1v) is 19.1. The molecule has 3 N–H and O–H groups in total. The van der Waals surface area contributed by atoms with Crippen LogP contribution in [0.1, 0.15) is 200 Å². The molecule has 4 nitrogen and oxygen atoms in total. The van der Waals surface area contributed by atoms with E-state index in [2.05, 4.69) is 31.3 Å². The van der Waals surface area contributed by atoms with Crippen LogP contribution in [0.25, 0.3) is 0 Å². The summed E-state index contributed by atoms with van der Waals surface area (Å²) in [7, 11) is 0. The third kappa shape index (κ3) is 32.1. The molecule has 0 rings (SSSR count). The van der Waals surface area contributed by atoms with Crippen molar-refractivity contribution in [1.29, 1.82) is 0 Å². The molecule has 0 aliphatic rings. The molecule has 0 radical (unpaired) electrons. The van der Waals surface area contributed by atoms with Gasteiger partial charge in [-0.15, -0.1) is 0 Å². The molecule has 0 bridgehead atoms. The summed E-state index contributed by atoms with van der Waals surface area (Å²) >= 11 is 0. The van der Waals surface area contributed by atoms with Gasteiger partial charge >= 0.3 is 0 Å². The number of carbonyl (C=O) groups excluding carboxylic acids is 1. The maximum atomic E-state index is 12.3. The van der Waals surface area contributed by atoms with Crippen LogP contribution in [0.3, 0.4) is 0 Å². The second kappa shape index (κ2) is 35.4. The van der Waals surface area contributed by atoms with Gasteiger partial charge in [-0.2, -0.15) is 0 Å². The van der Waals surface area contributed by atoms with Crippen LogP contribution >= 0.6 is 0 Å². The highest BCUT2D eigenvalue weighted by atomic mass is 16.3. The standard InChI is InChI=1S/C39H75NO3/c1-3-5-7-9-11-13-15-17-18-19-20-21-22-23-25-27-29-31-33-35-39(43)40-37(36-41)38(42)34-32-30-28-26-24-16-14-12-10-8-6-4-2/h19-20,32,34,37-38,41-42H,3-18,21-31,33,35-36H2,1-2H3,(H,40,43)/b20-19-,34-32+. The van der Waals surface area contributed by atoms with Crippen LogP contribution in [0.15, 0.2) is 24.3 Å². The quantitative estimate of drug-likeness (QED) is 0.0505. The first-order chi connectivity index (χ1) is 21.2. The average molecular weight is 606 g/mol. The third-order valence-corrected chi connectivity index (χ3v) is 8.68. The monoisotopic (exact) mass is 606 g/mol. The first kappa shape index (κ1) is 41.9. The summed E-state index contributed by atoms with van der Waals surface area (Å²) in [6, 6.07) is -0.620. The number of allylic oxidation sites excluding steroid dienone is 3. The van der Waals surface area contributed by atoms with Crippen molar-refractivity contribution in [3.05, 3.63) is 24.3 Å². The Labute approximate surface area is 269 Å². The molecule has 4 heteroatoms. The minimum absolute atomic E-state index is 0.0695. The lowest BCUT2D eigenvalue weighted by atomic mass is 10.0. The van der Waals surface area contributed by atoms with Gasteiger partial charge in [0.1, 0.15) is 0 Å². The van der Waals surface area contributed by atoms with E-state index < -0.39 is 12.1 Å². The van der Waals surface area contributed by atoms with Crippen LogP contribution in [0.2, 0.25) is 0 Å². The number of nitrogens with one attached hydrogen (secondary N) is 1. The van der Waals surface area contributed by atoms with Crippen molar-refractivity contribution in [2.24, 2.45) is 0 Å². The van der Waals surface area contributed by atoms with Gasteiger partial charge in [0.2, 0.25) is 5.91 Å². The zero-order valence-electron chi connectivity index (χ0n) is 29.0.